The molecule has 0 bridgehead atoms. The molecule has 4 atom stereocenters. The third kappa shape index (κ3) is 16.6. The average Bonchev–Trinajstić information content (AvgIpc) is 3.38. The fourth-order valence-electron chi connectivity index (χ4n) is 8.00. The van der Waals surface area contributed by atoms with Gasteiger partial charge in [0.05, 0.1) is 23.6 Å². The van der Waals surface area contributed by atoms with Crippen LogP contribution in [-0.4, -0.2) is 152 Å². The molecule has 23 nitrogen and oxygen atoms in total. The van der Waals surface area contributed by atoms with Crippen LogP contribution in [0.1, 0.15) is 48.8 Å². The number of guanidine groups is 1. The maximum Gasteiger partial charge on any atom is 0.336 e. The minimum atomic E-state index is -1.41. The van der Waals surface area contributed by atoms with E-state index in [1.165, 1.54) is 36.4 Å². The van der Waals surface area contributed by atoms with Crippen molar-refractivity contribution in [3.63, 3.8) is 0 Å². The number of rotatable bonds is 26. The summed E-state index contributed by atoms with van der Waals surface area (Å²) in [4.78, 5) is 105. The third-order valence-electron chi connectivity index (χ3n) is 12.0. The summed E-state index contributed by atoms with van der Waals surface area (Å²) in [5, 5.41) is 40.6. The van der Waals surface area contributed by atoms with Crippen LogP contribution in [0.2, 0.25) is 0 Å². The molecule has 5 amide bonds. The van der Waals surface area contributed by atoms with Crippen molar-refractivity contribution in [3.05, 3.63) is 107 Å². The second kappa shape index (κ2) is 27.9. The number of thioether (sulfide) groups is 1. The molecular weight excluding hydrogens is 1000 g/mol. The Labute approximate surface area is 443 Å². The number of fused-ring (bicyclic) bond motifs is 2. The minimum absolute atomic E-state index is 0.0359. The van der Waals surface area contributed by atoms with Crippen LogP contribution in [0, 0.1) is 0 Å². The van der Waals surface area contributed by atoms with Gasteiger partial charge >= 0.3 is 11.9 Å². The summed E-state index contributed by atoms with van der Waals surface area (Å²) in [7, 11) is 7.59. The zero-order chi connectivity index (χ0) is 55.6. The first-order valence-corrected chi connectivity index (χ1v) is 25.4. The predicted octanol–water partition coefficient (Wildman–Crippen LogP) is 1.12. The fraction of sp³-hybridized carbons (Fsp3) is 0.365. The summed E-state index contributed by atoms with van der Waals surface area (Å²) < 4.78 is 6.40. The molecule has 1 heterocycles. The van der Waals surface area contributed by atoms with Crippen molar-refractivity contribution >= 4 is 81.9 Å². The van der Waals surface area contributed by atoms with Gasteiger partial charge in [0, 0.05) is 87.1 Å². The lowest BCUT2D eigenvalue weighted by Gasteiger charge is -2.28. The highest BCUT2D eigenvalue weighted by molar-refractivity contribution is 8.00. The molecule has 24 heteroatoms. The number of nitrogens with zero attached hydrogens (tertiary/aromatic N) is 4. The van der Waals surface area contributed by atoms with Crippen LogP contribution in [0.15, 0.2) is 100 Å². The first-order chi connectivity index (χ1) is 36.2. The van der Waals surface area contributed by atoms with Crippen LogP contribution in [0.5, 0.6) is 17.2 Å². The second-order valence-corrected chi connectivity index (χ2v) is 19.2. The van der Waals surface area contributed by atoms with Crippen molar-refractivity contribution in [1.29, 1.82) is 0 Å². The molecule has 0 unspecified atom stereocenters. The summed E-state index contributed by atoms with van der Waals surface area (Å²) in [6.45, 7) is -0.126. The topological polar surface area (TPSA) is 373 Å². The Kier molecular flexibility index (Phi) is 21.5. The number of amides is 5. The van der Waals surface area contributed by atoms with Gasteiger partial charge in [-0.05, 0) is 98.3 Å². The molecule has 3 aromatic carbocycles. The number of hydrogen-bond donors (Lipinski definition) is 11. The largest absolute Gasteiger partial charge is 0.508 e. The van der Waals surface area contributed by atoms with Crippen molar-refractivity contribution in [2.75, 3.05) is 69.1 Å². The molecule has 1 aliphatic heterocycles. The van der Waals surface area contributed by atoms with E-state index in [0.717, 1.165) is 23.1 Å². The second-order valence-electron chi connectivity index (χ2n) is 18.1. The number of carboxylic acids is 2. The smallest absolute Gasteiger partial charge is 0.336 e. The zero-order valence-corrected chi connectivity index (χ0v) is 43.5. The number of benzene rings is 3. The van der Waals surface area contributed by atoms with Gasteiger partial charge in [0.15, 0.2) is 5.96 Å². The zero-order valence-electron chi connectivity index (χ0n) is 42.7. The van der Waals surface area contributed by atoms with E-state index >= 15 is 0 Å². The van der Waals surface area contributed by atoms with Crippen LogP contribution in [-0.2, 0) is 40.0 Å². The highest BCUT2D eigenvalue weighted by Crippen LogP contribution is 2.48. The van der Waals surface area contributed by atoms with E-state index in [4.69, 9.17) is 27.7 Å². The van der Waals surface area contributed by atoms with Crippen molar-refractivity contribution in [3.8, 4) is 17.2 Å². The predicted molar refractivity (Wildman–Crippen MR) is 291 cm³/mol. The van der Waals surface area contributed by atoms with Gasteiger partial charge in [0.2, 0.25) is 23.6 Å². The molecule has 76 heavy (non-hydrogen) atoms. The Morgan fingerprint density at radius 1 is 0.711 bits per heavy atom. The lowest BCUT2D eigenvalue weighted by Crippen LogP contribution is -2.59. The van der Waals surface area contributed by atoms with Crippen LogP contribution in [0.3, 0.4) is 0 Å². The molecule has 406 valence electrons. The molecule has 0 aromatic heterocycles. The number of aliphatic carboxylic acids is 2. The fourth-order valence-corrected chi connectivity index (χ4v) is 8.83. The van der Waals surface area contributed by atoms with E-state index < -0.39 is 72.2 Å². The number of hydrogen-bond acceptors (Lipinski definition) is 15. The number of phenols is 1. The summed E-state index contributed by atoms with van der Waals surface area (Å²) in [6, 6.07) is 11.7. The first kappa shape index (κ1) is 58.7. The SMILES string of the molecule is CN(C)c1ccc2c(c1)Oc1cc(N(C)C)ccc1C2=C1C=CC(=NC(=O)CSC[C@H](NC(=O)CN)C(=O)N[C@@H](Cc2ccc(O)cc2)C(=O)N[C@@H](CCCCN)C(=O)N[C@@H](CCCN=C(N)N)C(=O)O)C=C1C(=O)O. The number of phenolic OH excluding ortho intramolecular Hbond substituents is 1. The van der Waals surface area contributed by atoms with Gasteiger partial charge in [-0.25, -0.2) is 14.6 Å². The van der Waals surface area contributed by atoms with E-state index in [9.17, 15) is 48.9 Å². The quantitative estimate of drug-likeness (QED) is 0.0238. The molecule has 0 saturated carbocycles. The van der Waals surface area contributed by atoms with Crippen molar-refractivity contribution < 1.29 is 53.6 Å². The molecule has 0 fully saturated rings. The van der Waals surface area contributed by atoms with Crippen molar-refractivity contribution in [1.82, 2.24) is 21.3 Å². The van der Waals surface area contributed by atoms with Crippen LogP contribution >= 0.6 is 11.8 Å². The summed E-state index contributed by atoms with van der Waals surface area (Å²) >= 11 is 0.920. The summed E-state index contributed by atoms with van der Waals surface area (Å²) in [5.74, 6) is -6.28. The maximum absolute atomic E-state index is 14.2. The summed E-state index contributed by atoms with van der Waals surface area (Å²) in [6.07, 6.45) is 5.31. The van der Waals surface area contributed by atoms with Gasteiger partial charge in [0.25, 0.3) is 5.91 Å². The monoisotopic (exact) mass is 1070 g/mol. The Morgan fingerprint density at radius 3 is 1.86 bits per heavy atom. The lowest BCUT2D eigenvalue weighted by molar-refractivity contribution is -0.142. The van der Waals surface area contributed by atoms with E-state index in [1.807, 2.05) is 74.4 Å². The van der Waals surface area contributed by atoms with Gasteiger partial charge in [-0.15, -0.1) is 11.8 Å². The number of aromatic hydroxyl groups is 1. The van der Waals surface area contributed by atoms with Gasteiger partial charge in [-0.3, -0.25) is 29.0 Å². The Hall–Kier alpha value is -8.22. The van der Waals surface area contributed by atoms with E-state index in [-0.39, 0.29) is 73.3 Å². The number of ether oxygens (including phenoxy) is 1. The standard InChI is InChI=1S/C52H66N12O11S/c1-63(2)31-13-18-35-42(24-31)75-43-25-32(64(3)4)14-19-36(43)46(35)34-17-12-30(23-37(34)50(71)72)58-45(67)28-76-27-41(59-44(66)26-54)49(70)62-40(22-29-10-15-33(65)16-11-29)48(69)60-38(8-5-6-20-53)47(68)61-39(51(73)74)9-7-21-57-52(55)56/h10-19,23-25,38-41,65H,5-9,20-22,26-28,53-54H2,1-4H3,(H,59,66)(H,60,69)(H,61,68)(H,62,70)(H,71,72)(H,73,74)(H4,55,56,57)/t38-,39-,40-,41-/m0/s1. The van der Waals surface area contributed by atoms with Gasteiger partial charge in [-0.1, -0.05) is 18.2 Å². The third-order valence-corrected chi connectivity index (χ3v) is 13.0. The Morgan fingerprint density at radius 2 is 1.29 bits per heavy atom. The van der Waals surface area contributed by atoms with Gasteiger partial charge in [-0.2, -0.15) is 0 Å². The van der Waals surface area contributed by atoms with E-state index in [2.05, 4.69) is 31.3 Å². The number of anilines is 2. The molecule has 0 radical (unpaired) electrons. The van der Waals surface area contributed by atoms with Crippen LogP contribution in [0.25, 0.3) is 5.57 Å². The molecule has 0 saturated heterocycles. The molecule has 15 N–H and O–H groups in total. The molecule has 0 spiro atoms. The number of aliphatic imine (C=N–C) groups is 2. The molecule has 1 aliphatic carbocycles. The van der Waals surface area contributed by atoms with E-state index in [1.54, 1.807) is 6.08 Å². The Balaban J connectivity index is 1.35. The number of nitrogens with two attached hydrogens (primary N) is 4. The highest BCUT2D eigenvalue weighted by atomic mass is 32.2. The molecular formula is C52H66N12O11S. The number of nitrogens with one attached hydrogen (secondary N) is 4. The van der Waals surface area contributed by atoms with Gasteiger partial charge in [0.1, 0.15) is 41.4 Å². The Bertz CT molecular complexity index is 2750. The lowest BCUT2D eigenvalue weighted by atomic mass is 9.84. The van der Waals surface area contributed by atoms with Crippen LogP contribution < -0.4 is 58.7 Å². The maximum atomic E-state index is 14.2. The number of unbranched alkanes of at least 4 members (excludes halogenated alkanes) is 1. The molecule has 2 aliphatic rings. The number of carbonyl (C=O) groups is 7. The minimum Gasteiger partial charge on any atom is -0.508 e. The number of carboxylic acid groups (broad SMARTS) is 2. The summed E-state index contributed by atoms with van der Waals surface area (Å²) in [5.41, 5.74) is 26.5. The van der Waals surface area contributed by atoms with Crippen molar-refractivity contribution in [2.24, 2.45) is 32.9 Å². The normalized spacial score (nSPS) is 14.6. The number of allylic oxidation sites excluding steroid dienone is 3. The van der Waals surface area contributed by atoms with Gasteiger partial charge < -0.3 is 74.1 Å². The molecule has 5 rings (SSSR count). The van der Waals surface area contributed by atoms with Crippen LogP contribution in [0.4, 0.5) is 11.4 Å². The van der Waals surface area contributed by atoms with E-state index in [0.29, 0.717) is 52.2 Å². The number of carbonyl (C=O) groups excluding carboxylic acids is 5. The molecule has 3 aromatic rings. The average molecular weight is 1070 g/mol. The first-order valence-electron chi connectivity index (χ1n) is 24.2. The highest BCUT2D eigenvalue weighted by Gasteiger charge is 2.33. The van der Waals surface area contributed by atoms with Crippen molar-refractivity contribution in [2.45, 2.75) is 62.7 Å².